The van der Waals surface area contributed by atoms with Crippen molar-refractivity contribution < 1.29 is 9.53 Å². The van der Waals surface area contributed by atoms with Gasteiger partial charge in [0.2, 0.25) is 0 Å². The van der Waals surface area contributed by atoms with Crippen LogP contribution in [0.15, 0.2) is 29.1 Å². The number of ether oxygens (including phenoxy) is 1. The van der Waals surface area contributed by atoms with Gasteiger partial charge in [0, 0.05) is 16.9 Å². The predicted octanol–water partition coefficient (Wildman–Crippen LogP) is 2.51. The van der Waals surface area contributed by atoms with E-state index in [0.29, 0.717) is 18.0 Å². The maximum Gasteiger partial charge on any atom is 0.341 e. The monoisotopic (exact) mass is 309 g/mol. The number of hydrogen-bond acceptors (Lipinski definition) is 4. The van der Waals surface area contributed by atoms with Gasteiger partial charge in [0.05, 0.1) is 18.4 Å². The Balaban J connectivity index is 2.32. The summed E-state index contributed by atoms with van der Waals surface area (Å²) in [7, 11) is 0. The van der Waals surface area contributed by atoms with E-state index >= 15 is 0 Å². The van der Waals surface area contributed by atoms with Gasteiger partial charge >= 0.3 is 5.97 Å². The number of aromatic nitrogens is 3. The number of rotatable bonds is 3. The molecule has 2 rings (SSSR count). The molecule has 0 saturated carbocycles. The highest BCUT2D eigenvalue weighted by Crippen LogP contribution is 2.16. The Labute approximate surface area is 113 Å². The van der Waals surface area contributed by atoms with Gasteiger partial charge in [-0.25, -0.2) is 14.5 Å². The number of carbonyl (C=O) groups excluding carboxylic acids is 1. The third-order valence-electron chi connectivity index (χ3n) is 2.33. The Morgan fingerprint density at radius 3 is 2.94 bits per heavy atom. The highest BCUT2D eigenvalue weighted by molar-refractivity contribution is 9.10. The second kappa shape index (κ2) is 5.30. The lowest BCUT2D eigenvalue weighted by atomic mass is 10.3. The van der Waals surface area contributed by atoms with Crippen LogP contribution >= 0.6 is 15.9 Å². The van der Waals surface area contributed by atoms with E-state index < -0.39 is 0 Å². The molecule has 2 heterocycles. The van der Waals surface area contributed by atoms with E-state index in [1.807, 2.05) is 13.0 Å². The lowest BCUT2D eigenvalue weighted by Gasteiger charge is -2.04. The second-order valence-corrected chi connectivity index (χ2v) is 4.60. The highest BCUT2D eigenvalue weighted by Gasteiger charge is 2.11. The summed E-state index contributed by atoms with van der Waals surface area (Å²) in [6, 6.07) is 1.94. The molecule has 6 heteroatoms. The number of nitrogens with zero attached hydrogens (tertiary/aromatic N) is 3. The molecule has 0 atom stereocenters. The SMILES string of the molecule is CCOC(=O)c1cnn(-c2ncc(Br)cc2C)c1. The van der Waals surface area contributed by atoms with Gasteiger partial charge < -0.3 is 4.74 Å². The van der Waals surface area contributed by atoms with Crippen molar-refractivity contribution in [2.45, 2.75) is 13.8 Å². The molecule has 0 unspecified atom stereocenters. The average molecular weight is 310 g/mol. The number of pyridine rings is 1. The van der Waals surface area contributed by atoms with Gasteiger partial charge in [-0.05, 0) is 41.4 Å². The third kappa shape index (κ3) is 2.59. The van der Waals surface area contributed by atoms with Crippen LogP contribution in [0.3, 0.4) is 0 Å². The topological polar surface area (TPSA) is 57.0 Å². The Morgan fingerprint density at radius 2 is 2.28 bits per heavy atom. The Bertz CT molecular complexity index is 580. The van der Waals surface area contributed by atoms with Gasteiger partial charge in [0.15, 0.2) is 5.82 Å². The molecule has 0 saturated heterocycles. The molecule has 0 aliphatic carbocycles. The van der Waals surface area contributed by atoms with Crippen molar-refractivity contribution in [3.8, 4) is 5.82 Å². The molecular weight excluding hydrogens is 298 g/mol. The Hall–Kier alpha value is -1.69. The smallest absolute Gasteiger partial charge is 0.341 e. The maximum atomic E-state index is 11.5. The summed E-state index contributed by atoms with van der Waals surface area (Å²) in [4.78, 5) is 15.8. The molecule has 18 heavy (non-hydrogen) atoms. The van der Waals surface area contributed by atoms with Gasteiger partial charge in [-0.15, -0.1) is 0 Å². The first-order valence-corrected chi connectivity index (χ1v) is 6.25. The van der Waals surface area contributed by atoms with Gasteiger partial charge in [-0.2, -0.15) is 5.10 Å². The van der Waals surface area contributed by atoms with E-state index in [1.54, 1.807) is 24.0 Å². The summed E-state index contributed by atoms with van der Waals surface area (Å²) in [5, 5.41) is 4.12. The van der Waals surface area contributed by atoms with Gasteiger partial charge in [0.25, 0.3) is 0 Å². The van der Waals surface area contributed by atoms with Gasteiger partial charge in [0.1, 0.15) is 0 Å². The summed E-state index contributed by atoms with van der Waals surface area (Å²) in [6.45, 7) is 4.04. The molecule has 0 aliphatic heterocycles. The van der Waals surface area contributed by atoms with E-state index in [0.717, 1.165) is 10.0 Å². The third-order valence-corrected chi connectivity index (χ3v) is 2.76. The number of aryl methyl sites for hydroxylation is 1. The van der Waals surface area contributed by atoms with Crippen LogP contribution < -0.4 is 0 Å². The number of halogens is 1. The Kier molecular flexibility index (Phi) is 3.76. The van der Waals surface area contributed by atoms with Crippen molar-refractivity contribution in [2.75, 3.05) is 6.61 Å². The minimum absolute atomic E-state index is 0.347. The molecule has 0 bridgehead atoms. The normalized spacial score (nSPS) is 10.4. The zero-order valence-corrected chi connectivity index (χ0v) is 11.6. The first-order chi connectivity index (χ1) is 8.61. The van der Waals surface area contributed by atoms with Gasteiger partial charge in [-0.3, -0.25) is 0 Å². The molecule has 0 aliphatic rings. The maximum absolute atomic E-state index is 11.5. The highest BCUT2D eigenvalue weighted by atomic mass is 79.9. The van der Waals surface area contributed by atoms with Crippen LogP contribution in [0.25, 0.3) is 5.82 Å². The van der Waals surface area contributed by atoms with Crippen LogP contribution in [-0.2, 0) is 4.74 Å². The summed E-state index contributed by atoms with van der Waals surface area (Å²) in [6.07, 6.45) is 4.77. The average Bonchev–Trinajstić information content (AvgIpc) is 2.78. The van der Waals surface area contributed by atoms with Crippen molar-refractivity contribution >= 4 is 21.9 Å². The van der Waals surface area contributed by atoms with E-state index in [4.69, 9.17) is 4.74 Å². The zero-order chi connectivity index (χ0) is 13.1. The van der Waals surface area contributed by atoms with E-state index in [2.05, 4.69) is 26.0 Å². The van der Waals surface area contributed by atoms with Crippen molar-refractivity contribution in [3.63, 3.8) is 0 Å². The van der Waals surface area contributed by atoms with Crippen LogP contribution in [0.1, 0.15) is 22.8 Å². The molecule has 2 aromatic rings. The van der Waals surface area contributed by atoms with Crippen LogP contribution in [0.2, 0.25) is 0 Å². The van der Waals surface area contributed by atoms with E-state index in [-0.39, 0.29) is 5.97 Å². The summed E-state index contributed by atoms with van der Waals surface area (Å²) >= 11 is 3.35. The first-order valence-electron chi connectivity index (χ1n) is 5.46. The van der Waals surface area contributed by atoms with Crippen LogP contribution in [0.4, 0.5) is 0 Å². The largest absolute Gasteiger partial charge is 0.462 e. The fourth-order valence-corrected chi connectivity index (χ4v) is 1.98. The fourth-order valence-electron chi connectivity index (χ4n) is 1.53. The van der Waals surface area contributed by atoms with Crippen LogP contribution in [-0.4, -0.2) is 27.3 Å². The molecule has 0 fully saturated rings. The summed E-state index contributed by atoms with van der Waals surface area (Å²) < 4.78 is 7.37. The standard InChI is InChI=1S/C12H12BrN3O2/c1-3-18-12(17)9-5-15-16(7-9)11-8(2)4-10(13)6-14-11/h4-7H,3H2,1-2H3. The molecular formula is C12H12BrN3O2. The lowest BCUT2D eigenvalue weighted by Crippen LogP contribution is -2.04. The first kappa shape index (κ1) is 12.8. The van der Waals surface area contributed by atoms with Crippen molar-refractivity contribution in [3.05, 3.63) is 40.3 Å². The Morgan fingerprint density at radius 1 is 1.50 bits per heavy atom. The number of esters is 1. The number of hydrogen-bond donors (Lipinski definition) is 0. The van der Waals surface area contributed by atoms with Crippen LogP contribution in [0, 0.1) is 6.92 Å². The fraction of sp³-hybridized carbons (Fsp3) is 0.250. The minimum Gasteiger partial charge on any atom is -0.462 e. The van der Waals surface area contributed by atoms with Crippen LogP contribution in [0.5, 0.6) is 0 Å². The molecule has 0 amide bonds. The molecule has 2 aromatic heterocycles. The second-order valence-electron chi connectivity index (χ2n) is 3.69. The molecule has 0 N–H and O–H groups in total. The molecule has 0 radical (unpaired) electrons. The van der Waals surface area contributed by atoms with E-state index in [9.17, 15) is 4.79 Å². The number of carbonyl (C=O) groups is 1. The minimum atomic E-state index is -0.376. The van der Waals surface area contributed by atoms with Crippen molar-refractivity contribution in [1.29, 1.82) is 0 Å². The predicted molar refractivity (Wildman–Crippen MR) is 69.8 cm³/mol. The molecule has 0 spiro atoms. The van der Waals surface area contributed by atoms with E-state index in [1.165, 1.54) is 6.20 Å². The zero-order valence-electron chi connectivity index (χ0n) is 10.1. The molecule has 94 valence electrons. The lowest BCUT2D eigenvalue weighted by molar-refractivity contribution is 0.0526. The summed E-state index contributed by atoms with van der Waals surface area (Å²) in [5.74, 6) is 0.312. The molecule has 0 aromatic carbocycles. The van der Waals surface area contributed by atoms with Gasteiger partial charge in [-0.1, -0.05) is 0 Å². The van der Waals surface area contributed by atoms with Crippen molar-refractivity contribution in [1.82, 2.24) is 14.8 Å². The quantitative estimate of drug-likeness (QED) is 0.817. The van der Waals surface area contributed by atoms with Crippen molar-refractivity contribution in [2.24, 2.45) is 0 Å². The molecule has 5 nitrogen and oxygen atoms in total. The summed E-state index contributed by atoms with van der Waals surface area (Å²) in [5.41, 5.74) is 1.38.